The van der Waals surface area contributed by atoms with E-state index < -0.39 is 0 Å². The van der Waals surface area contributed by atoms with Crippen LogP contribution < -0.4 is 0 Å². The minimum Gasteiger partial charge on any atom is -0.0884 e. The van der Waals surface area contributed by atoms with Crippen molar-refractivity contribution < 1.29 is 0 Å². The van der Waals surface area contributed by atoms with Crippen molar-refractivity contribution in [3.05, 3.63) is 29.1 Å². The second-order valence-electron chi connectivity index (χ2n) is 3.34. The van der Waals surface area contributed by atoms with Gasteiger partial charge in [0.15, 0.2) is 0 Å². The van der Waals surface area contributed by atoms with E-state index in [0.29, 0.717) is 0 Å². The Bertz CT molecular complexity index is 321. The second kappa shape index (κ2) is 4.24. The van der Waals surface area contributed by atoms with Gasteiger partial charge >= 0.3 is 0 Å². The average molecular weight is 258 g/mol. The predicted octanol–water partition coefficient (Wildman–Crippen LogP) is 5.33. The molecule has 0 unspecified atom stereocenters. The van der Waals surface area contributed by atoms with Crippen molar-refractivity contribution >= 4 is 47.0 Å². The minimum absolute atomic E-state index is 1.33. The summed E-state index contributed by atoms with van der Waals surface area (Å²) in [5, 5.41) is 4.37. The molecule has 0 bridgehead atoms. The lowest BCUT2D eigenvalue weighted by molar-refractivity contribution is 0.718. The molecule has 0 saturated carbocycles. The molecule has 2 heterocycles. The van der Waals surface area contributed by atoms with E-state index >= 15 is 0 Å². The van der Waals surface area contributed by atoms with Crippen molar-refractivity contribution in [3.8, 4) is 0 Å². The van der Waals surface area contributed by atoms with Crippen molar-refractivity contribution in [1.82, 2.24) is 0 Å². The molecule has 2 aliphatic heterocycles. The van der Waals surface area contributed by atoms with Gasteiger partial charge in [-0.1, -0.05) is 47.0 Å². The summed E-state index contributed by atoms with van der Waals surface area (Å²) in [6, 6.07) is 0. The highest BCUT2D eigenvalue weighted by molar-refractivity contribution is 8.33. The van der Waals surface area contributed by atoms with Gasteiger partial charge in [0.2, 0.25) is 0 Å². The molecule has 0 saturated heterocycles. The van der Waals surface area contributed by atoms with E-state index in [-0.39, 0.29) is 0 Å². The number of thioether (sulfide) groups is 4. The maximum absolute atomic E-state index is 2.19. The molecule has 3 rings (SSSR count). The van der Waals surface area contributed by atoms with E-state index in [4.69, 9.17) is 0 Å². The molecule has 0 amide bonds. The molecular formula is C10H10S4. The van der Waals surface area contributed by atoms with Gasteiger partial charge in [-0.3, -0.25) is 0 Å². The van der Waals surface area contributed by atoms with Gasteiger partial charge in [-0.15, -0.1) is 0 Å². The van der Waals surface area contributed by atoms with E-state index in [9.17, 15) is 0 Å². The van der Waals surface area contributed by atoms with Crippen molar-refractivity contribution in [2.75, 3.05) is 0 Å². The van der Waals surface area contributed by atoms with Gasteiger partial charge in [-0.25, -0.2) is 0 Å². The number of rotatable bonds is 0. The Balaban J connectivity index is 1.81. The number of allylic oxidation sites excluding steroid dienone is 2. The van der Waals surface area contributed by atoms with E-state index in [2.05, 4.69) is 10.8 Å². The largest absolute Gasteiger partial charge is 0.0884 e. The zero-order valence-electron chi connectivity index (χ0n) is 7.62. The molecule has 0 spiro atoms. The molecule has 0 fully saturated rings. The van der Waals surface area contributed by atoms with Crippen LogP contribution in [-0.2, 0) is 0 Å². The molecule has 0 nitrogen and oxygen atoms in total. The Labute approximate surface area is 101 Å². The highest BCUT2D eigenvalue weighted by Gasteiger charge is 2.26. The predicted molar refractivity (Wildman–Crippen MR) is 72.0 cm³/mol. The molecule has 4 heteroatoms. The summed E-state index contributed by atoms with van der Waals surface area (Å²) in [6.45, 7) is 0. The summed E-state index contributed by atoms with van der Waals surface area (Å²) in [5.41, 5.74) is 0. The minimum atomic E-state index is 1.33. The molecule has 1 aliphatic carbocycles. The van der Waals surface area contributed by atoms with Gasteiger partial charge < -0.3 is 0 Å². The average Bonchev–Trinajstić information content (AvgIpc) is 2.86. The molecule has 0 aromatic carbocycles. The van der Waals surface area contributed by atoms with Crippen LogP contribution in [0.3, 0.4) is 0 Å². The lowest BCUT2D eigenvalue weighted by Gasteiger charge is -2.09. The topological polar surface area (TPSA) is 0 Å². The quantitative estimate of drug-likeness (QED) is 0.575. The maximum Gasteiger partial charge on any atom is 0.0699 e. The van der Waals surface area contributed by atoms with Crippen LogP contribution >= 0.6 is 47.0 Å². The number of hydrogen-bond acceptors (Lipinski definition) is 4. The third kappa shape index (κ3) is 1.82. The molecule has 0 aromatic heterocycles. The van der Waals surface area contributed by atoms with Crippen molar-refractivity contribution in [2.45, 2.75) is 25.7 Å². The molecule has 14 heavy (non-hydrogen) atoms. The van der Waals surface area contributed by atoms with Crippen molar-refractivity contribution in [1.29, 1.82) is 0 Å². The molecule has 74 valence electrons. The lowest BCUT2D eigenvalue weighted by atomic mass is 10.1. The summed E-state index contributed by atoms with van der Waals surface area (Å²) in [6.07, 6.45) is 5.44. The Hall–Kier alpha value is 0.620. The van der Waals surface area contributed by atoms with E-state index in [1.807, 2.05) is 47.0 Å². The van der Waals surface area contributed by atoms with E-state index in [1.54, 1.807) is 9.81 Å². The fourth-order valence-electron chi connectivity index (χ4n) is 1.70. The number of hydrogen-bond donors (Lipinski definition) is 0. The Morgan fingerprint density at radius 1 is 0.786 bits per heavy atom. The zero-order valence-corrected chi connectivity index (χ0v) is 10.9. The standard InChI is InChI=1S/C10H10S4/c1-2-4-8-7(3-1)13-10(14-8)9-11-5-6-12-9/h5-6H,1-4H2. The third-order valence-electron chi connectivity index (χ3n) is 2.37. The Morgan fingerprint density at radius 3 is 1.93 bits per heavy atom. The van der Waals surface area contributed by atoms with Crippen LogP contribution in [0.25, 0.3) is 0 Å². The van der Waals surface area contributed by atoms with Gasteiger partial charge in [0.05, 0.1) is 8.47 Å². The van der Waals surface area contributed by atoms with Crippen LogP contribution in [0, 0.1) is 0 Å². The maximum atomic E-state index is 2.19. The van der Waals surface area contributed by atoms with Crippen LogP contribution in [0.2, 0.25) is 0 Å². The highest BCUT2D eigenvalue weighted by atomic mass is 32.2. The normalized spacial score (nSPS) is 26.3. The third-order valence-corrected chi connectivity index (χ3v) is 7.82. The molecule has 0 aromatic rings. The first kappa shape index (κ1) is 9.82. The van der Waals surface area contributed by atoms with Gasteiger partial charge in [-0.2, -0.15) is 0 Å². The first-order valence-corrected chi connectivity index (χ1v) is 8.13. The van der Waals surface area contributed by atoms with Crippen LogP contribution in [0.5, 0.6) is 0 Å². The summed E-state index contributed by atoms with van der Waals surface area (Å²) < 4.78 is 3.03. The van der Waals surface area contributed by atoms with Gasteiger partial charge in [0.25, 0.3) is 0 Å². The molecular weight excluding hydrogens is 248 g/mol. The smallest absolute Gasteiger partial charge is 0.0699 e. The lowest BCUT2D eigenvalue weighted by Crippen LogP contribution is -1.89. The van der Waals surface area contributed by atoms with Crippen molar-refractivity contribution in [2.24, 2.45) is 0 Å². The van der Waals surface area contributed by atoms with Gasteiger partial charge in [0.1, 0.15) is 0 Å². The van der Waals surface area contributed by atoms with Gasteiger partial charge in [0, 0.05) is 9.81 Å². The molecule has 0 atom stereocenters. The summed E-state index contributed by atoms with van der Waals surface area (Å²) in [7, 11) is 0. The second-order valence-corrected chi connectivity index (χ2v) is 7.90. The van der Waals surface area contributed by atoms with Crippen LogP contribution in [0.1, 0.15) is 25.7 Å². The fourth-order valence-corrected chi connectivity index (χ4v) is 6.77. The molecule has 3 aliphatic rings. The van der Waals surface area contributed by atoms with E-state index in [0.717, 1.165) is 0 Å². The van der Waals surface area contributed by atoms with Crippen LogP contribution in [-0.4, -0.2) is 0 Å². The van der Waals surface area contributed by atoms with E-state index in [1.165, 1.54) is 34.2 Å². The zero-order chi connectivity index (χ0) is 9.38. The first-order chi connectivity index (χ1) is 6.93. The monoisotopic (exact) mass is 258 g/mol. The fraction of sp³-hybridized carbons (Fsp3) is 0.400. The molecule has 0 N–H and O–H groups in total. The SMILES string of the molecule is C1=CSC(=C2SC3=C(CCCC3)S2)S1. The Kier molecular flexibility index (Phi) is 2.97. The summed E-state index contributed by atoms with van der Waals surface area (Å²) >= 11 is 7.82. The summed E-state index contributed by atoms with van der Waals surface area (Å²) in [5.74, 6) is 0. The van der Waals surface area contributed by atoms with Crippen LogP contribution in [0.15, 0.2) is 29.1 Å². The van der Waals surface area contributed by atoms with Crippen molar-refractivity contribution in [3.63, 3.8) is 0 Å². The molecule has 0 radical (unpaired) electrons. The first-order valence-electron chi connectivity index (χ1n) is 4.74. The van der Waals surface area contributed by atoms with Gasteiger partial charge in [-0.05, 0) is 36.5 Å². The Morgan fingerprint density at radius 2 is 1.36 bits per heavy atom. The summed E-state index contributed by atoms with van der Waals surface area (Å²) in [4.78, 5) is 3.33. The highest BCUT2D eigenvalue weighted by Crippen LogP contribution is 2.59. The van der Waals surface area contributed by atoms with Crippen LogP contribution in [0.4, 0.5) is 0 Å².